The van der Waals surface area contributed by atoms with Crippen molar-refractivity contribution in [3.05, 3.63) is 11.9 Å². The summed E-state index contributed by atoms with van der Waals surface area (Å²) in [6.45, 7) is 9.31. The molecule has 0 saturated carbocycles. The highest BCUT2D eigenvalue weighted by Gasteiger charge is 2.13. The molecule has 0 bridgehead atoms. The average Bonchev–Trinajstić information content (AvgIpc) is 2.67. The van der Waals surface area contributed by atoms with E-state index >= 15 is 0 Å². The molecular weight excluding hydrogens is 240 g/mol. The zero-order valence-electron chi connectivity index (χ0n) is 13.2. The van der Waals surface area contributed by atoms with Gasteiger partial charge in [-0.15, -0.1) is 0 Å². The number of hydrogen-bond acceptors (Lipinski definition) is 4. The molecule has 5 heteroatoms. The third kappa shape index (κ3) is 5.61. The van der Waals surface area contributed by atoms with Crippen LogP contribution in [0, 0.1) is 0 Å². The van der Waals surface area contributed by atoms with Crippen molar-refractivity contribution in [2.75, 3.05) is 34.3 Å². The van der Waals surface area contributed by atoms with Crippen LogP contribution in [0.1, 0.15) is 26.5 Å². The lowest BCUT2D eigenvalue weighted by Gasteiger charge is -2.21. The second kappa shape index (κ2) is 6.91. The van der Waals surface area contributed by atoms with Gasteiger partial charge in [-0.1, -0.05) is 0 Å². The predicted molar refractivity (Wildman–Crippen MR) is 78.8 cm³/mol. The molecule has 0 radical (unpaired) electrons. The molecule has 0 spiro atoms. The molecule has 0 aliphatic heterocycles. The monoisotopic (exact) mass is 268 g/mol. The summed E-state index contributed by atoms with van der Waals surface area (Å²) in [5, 5.41) is 7.91. The molecule has 0 amide bonds. The van der Waals surface area contributed by atoms with E-state index in [1.165, 1.54) is 5.69 Å². The van der Waals surface area contributed by atoms with Gasteiger partial charge in [0, 0.05) is 25.0 Å². The summed E-state index contributed by atoms with van der Waals surface area (Å²) in [6.07, 6.45) is 2.73. The fourth-order valence-electron chi connectivity index (χ4n) is 1.86. The van der Waals surface area contributed by atoms with E-state index < -0.39 is 0 Å². The Bertz CT molecular complexity index is 379. The Balaban J connectivity index is 2.65. The summed E-state index contributed by atoms with van der Waals surface area (Å²) in [5.74, 6) is 0.884. The van der Waals surface area contributed by atoms with Gasteiger partial charge in [-0.05, 0) is 34.9 Å². The molecule has 1 aromatic heterocycles. The molecule has 0 aliphatic carbocycles. The highest BCUT2D eigenvalue weighted by Crippen LogP contribution is 2.18. The number of ether oxygens (including phenoxy) is 1. The van der Waals surface area contributed by atoms with Gasteiger partial charge in [-0.25, -0.2) is 0 Å². The molecule has 0 fully saturated rings. The van der Waals surface area contributed by atoms with E-state index in [-0.39, 0.29) is 5.54 Å². The Labute approximate surface area is 116 Å². The number of likely N-dealkylation sites (N-methyl/N-ethyl adjacent to an activating group) is 1. The van der Waals surface area contributed by atoms with Gasteiger partial charge in [0.1, 0.15) is 0 Å². The maximum absolute atomic E-state index is 5.39. The normalized spacial score (nSPS) is 12.2. The van der Waals surface area contributed by atoms with Crippen LogP contribution in [-0.4, -0.2) is 54.5 Å². The van der Waals surface area contributed by atoms with E-state index in [0.29, 0.717) is 0 Å². The highest BCUT2D eigenvalue weighted by molar-refractivity contribution is 5.25. The lowest BCUT2D eigenvalue weighted by molar-refractivity contribution is 0.362. The van der Waals surface area contributed by atoms with Crippen LogP contribution in [0.5, 0.6) is 5.75 Å². The fraction of sp³-hybridized carbons (Fsp3) is 0.786. The Morgan fingerprint density at radius 1 is 1.37 bits per heavy atom. The number of nitrogens with one attached hydrogen (secondary N) is 1. The smallest absolute Gasteiger partial charge is 0.159 e. The van der Waals surface area contributed by atoms with Crippen LogP contribution in [0.2, 0.25) is 0 Å². The van der Waals surface area contributed by atoms with Crippen molar-refractivity contribution >= 4 is 0 Å². The van der Waals surface area contributed by atoms with Crippen molar-refractivity contribution in [1.29, 1.82) is 0 Å². The van der Waals surface area contributed by atoms with Crippen molar-refractivity contribution in [3.8, 4) is 5.75 Å². The van der Waals surface area contributed by atoms with Crippen LogP contribution >= 0.6 is 0 Å². The summed E-state index contributed by atoms with van der Waals surface area (Å²) in [4.78, 5) is 2.16. The van der Waals surface area contributed by atoms with Crippen molar-refractivity contribution < 1.29 is 4.74 Å². The van der Waals surface area contributed by atoms with Crippen LogP contribution in [0.3, 0.4) is 0 Å². The van der Waals surface area contributed by atoms with Crippen LogP contribution in [0.25, 0.3) is 0 Å². The highest BCUT2D eigenvalue weighted by atomic mass is 16.5. The maximum Gasteiger partial charge on any atom is 0.159 e. The first kappa shape index (κ1) is 16.0. The molecule has 1 heterocycles. The SMILES string of the molecule is COc1cnn(CCN(C)C)c1CCNC(C)(C)C. The first-order valence-electron chi connectivity index (χ1n) is 6.82. The van der Waals surface area contributed by atoms with E-state index in [1.807, 2.05) is 10.9 Å². The number of rotatable bonds is 7. The second-order valence-corrected chi connectivity index (χ2v) is 6.11. The topological polar surface area (TPSA) is 42.3 Å². The van der Waals surface area contributed by atoms with E-state index in [1.54, 1.807) is 7.11 Å². The quantitative estimate of drug-likeness (QED) is 0.811. The maximum atomic E-state index is 5.39. The van der Waals surface area contributed by atoms with Crippen molar-refractivity contribution in [1.82, 2.24) is 20.0 Å². The Kier molecular flexibility index (Phi) is 5.82. The molecule has 5 nitrogen and oxygen atoms in total. The van der Waals surface area contributed by atoms with Crippen LogP contribution in [-0.2, 0) is 13.0 Å². The van der Waals surface area contributed by atoms with Gasteiger partial charge in [-0.3, -0.25) is 4.68 Å². The summed E-state index contributed by atoms with van der Waals surface area (Å²) < 4.78 is 7.44. The van der Waals surface area contributed by atoms with Gasteiger partial charge in [0.15, 0.2) is 5.75 Å². The predicted octanol–water partition coefficient (Wildman–Crippen LogP) is 1.38. The average molecular weight is 268 g/mol. The van der Waals surface area contributed by atoms with Crippen LogP contribution in [0.4, 0.5) is 0 Å². The summed E-state index contributed by atoms with van der Waals surface area (Å²) in [5.41, 5.74) is 1.31. The molecule has 110 valence electrons. The zero-order chi connectivity index (χ0) is 14.5. The van der Waals surface area contributed by atoms with Crippen LogP contribution < -0.4 is 10.1 Å². The van der Waals surface area contributed by atoms with Gasteiger partial charge in [0.2, 0.25) is 0 Å². The Morgan fingerprint density at radius 3 is 2.58 bits per heavy atom. The largest absolute Gasteiger partial charge is 0.493 e. The Hall–Kier alpha value is -1.07. The van der Waals surface area contributed by atoms with Crippen molar-refractivity contribution in [2.45, 2.75) is 39.3 Å². The van der Waals surface area contributed by atoms with Crippen molar-refractivity contribution in [3.63, 3.8) is 0 Å². The summed E-state index contributed by atoms with van der Waals surface area (Å²) in [7, 11) is 5.84. The lowest BCUT2D eigenvalue weighted by Crippen LogP contribution is -2.37. The number of methoxy groups -OCH3 is 1. The third-order valence-electron chi connectivity index (χ3n) is 2.91. The van der Waals surface area contributed by atoms with E-state index in [4.69, 9.17) is 4.74 Å². The van der Waals surface area contributed by atoms with Gasteiger partial charge in [-0.2, -0.15) is 5.10 Å². The van der Waals surface area contributed by atoms with E-state index in [0.717, 1.165) is 31.8 Å². The molecule has 1 aromatic rings. The van der Waals surface area contributed by atoms with E-state index in [2.05, 4.69) is 50.2 Å². The zero-order valence-corrected chi connectivity index (χ0v) is 13.2. The number of hydrogen-bond donors (Lipinski definition) is 1. The van der Waals surface area contributed by atoms with E-state index in [9.17, 15) is 0 Å². The van der Waals surface area contributed by atoms with Crippen molar-refractivity contribution in [2.24, 2.45) is 0 Å². The molecular formula is C14H28N4O. The summed E-state index contributed by atoms with van der Waals surface area (Å²) in [6, 6.07) is 0. The fourth-order valence-corrected chi connectivity index (χ4v) is 1.86. The van der Waals surface area contributed by atoms with Gasteiger partial charge >= 0.3 is 0 Å². The minimum absolute atomic E-state index is 0.141. The molecule has 0 atom stereocenters. The third-order valence-corrected chi connectivity index (χ3v) is 2.91. The molecule has 0 unspecified atom stereocenters. The second-order valence-electron chi connectivity index (χ2n) is 6.11. The molecule has 0 aromatic carbocycles. The van der Waals surface area contributed by atoms with Gasteiger partial charge in [0.05, 0.1) is 25.5 Å². The van der Waals surface area contributed by atoms with Gasteiger partial charge < -0.3 is 15.0 Å². The molecule has 0 saturated heterocycles. The minimum atomic E-state index is 0.141. The molecule has 1 N–H and O–H groups in total. The number of nitrogens with zero attached hydrogens (tertiary/aromatic N) is 3. The van der Waals surface area contributed by atoms with Crippen LogP contribution in [0.15, 0.2) is 6.20 Å². The first-order chi connectivity index (χ1) is 8.83. The van der Waals surface area contributed by atoms with Gasteiger partial charge in [0.25, 0.3) is 0 Å². The first-order valence-corrected chi connectivity index (χ1v) is 6.82. The standard InChI is InChI=1S/C14H28N4O/c1-14(2,3)15-8-7-12-13(19-6)11-16-18(12)10-9-17(4)5/h11,15H,7-10H2,1-6H3. The molecule has 1 rings (SSSR count). The lowest BCUT2D eigenvalue weighted by atomic mass is 10.1. The Morgan fingerprint density at radius 2 is 2.05 bits per heavy atom. The minimum Gasteiger partial charge on any atom is -0.493 e. The summed E-state index contributed by atoms with van der Waals surface area (Å²) >= 11 is 0. The number of aromatic nitrogens is 2. The molecule has 19 heavy (non-hydrogen) atoms. The molecule has 0 aliphatic rings.